The van der Waals surface area contributed by atoms with Crippen molar-refractivity contribution in [3.63, 3.8) is 0 Å². The Labute approximate surface area is 103 Å². The molecule has 2 rings (SSSR count). The molecule has 2 aromatic rings. The highest BCUT2D eigenvalue weighted by Crippen LogP contribution is 2.24. The van der Waals surface area contributed by atoms with E-state index in [2.05, 4.69) is 67.7 Å². The minimum absolute atomic E-state index is 0.275. The molecule has 0 saturated heterocycles. The molecular weight excluding hydrogens is 206 g/mol. The van der Waals surface area contributed by atoms with Crippen LogP contribution in [0.1, 0.15) is 28.3 Å². The second-order valence-corrected chi connectivity index (χ2v) is 4.49. The Morgan fingerprint density at radius 3 is 2.24 bits per heavy atom. The first-order valence-corrected chi connectivity index (χ1v) is 6.01. The smallest absolute Gasteiger partial charge is 0.0576 e. The van der Waals surface area contributed by atoms with Crippen LogP contribution in [0.25, 0.3) is 0 Å². The number of hydrogen-bond donors (Lipinski definition) is 1. The van der Waals surface area contributed by atoms with Crippen LogP contribution in [0.4, 0.5) is 0 Å². The van der Waals surface area contributed by atoms with Crippen molar-refractivity contribution < 1.29 is 0 Å². The summed E-state index contributed by atoms with van der Waals surface area (Å²) in [4.78, 5) is 0. The lowest BCUT2D eigenvalue weighted by atomic mass is 9.94. The topological polar surface area (TPSA) is 12.0 Å². The lowest BCUT2D eigenvalue weighted by molar-refractivity contribution is 0.687. The highest BCUT2D eigenvalue weighted by Gasteiger charge is 2.13. The molecule has 1 N–H and O–H groups in total. The van der Waals surface area contributed by atoms with Crippen molar-refractivity contribution in [3.05, 3.63) is 70.8 Å². The van der Waals surface area contributed by atoms with Gasteiger partial charge in [0.15, 0.2) is 0 Å². The molecular formula is C16H19N. The fourth-order valence-electron chi connectivity index (χ4n) is 2.30. The fraction of sp³-hybridized carbons (Fsp3) is 0.250. The zero-order chi connectivity index (χ0) is 12.3. The van der Waals surface area contributed by atoms with Gasteiger partial charge in [0.25, 0.3) is 0 Å². The summed E-state index contributed by atoms with van der Waals surface area (Å²) in [6.07, 6.45) is 0. The molecule has 1 unspecified atom stereocenters. The summed E-state index contributed by atoms with van der Waals surface area (Å²) < 4.78 is 0. The average Bonchev–Trinajstić information content (AvgIpc) is 2.34. The molecule has 0 aliphatic heterocycles. The molecule has 88 valence electrons. The first-order valence-electron chi connectivity index (χ1n) is 6.01. The van der Waals surface area contributed by atoms with Crippen molar-refractivity contribution in [1.82, 2.24) is 5.32 Å². The van der Waals surface area contributed by atoms with Gasteiger partial charge in [-0.25, -0.2) is 0 Å². The summed E-state index contributed by atoms with van der Waals surface area (Å²) in [5.74, 6) is 0. The first kappa shape index (κ1) is 11.9. The third-order valence-corrected chi connectivity index (χ3v) is 3.16. The van der Waals surface area contributed by atoms with Gasteiger partial charge in [0.05, 0.1) is 6.04 Å². The van der Waals surface area contributed by atoms with E-state index in [0.29, 0.717) is 0 Å². The van der Waals surface area contributed by atoms with Crippen molar-refractivity contribution in [2.45, 2.75) is 19.9 Å². The van der Waals surface area contributed by atoms with Gasteiger partial charge < -0.3 is 5.32 Å². The van der Waals surface area contributed by atoms with Crippen molar-refractivity contribution in [2.75, 3.05) is 7.05 Å². The Morgan fingerprint density at radius 1 is 0.941 bits per heavy atom. The van der Waals surface area contributed by atoms with E-state index in [4.69, 9.17) is 0 Å². The maximum Gasteiger partial charge on any atom is 0.0576 e. The van der Waals surface area contributed by atoms with E-state index in [9.17, 15) is 0 Å². The number of rotatable bonds is 3. The number of aryl methyl sites for hydroxylation is 2. The molecule has 0 radical (unpaired) electrons. The summed E-state index contributed by atoms with van der Waals surface area (Å²) in [5.41, 5.74) is 5.31. The summed E-state index contributed by atoms with van der Waals surface area (Å²) in [6, 6.07) is 17.5. The summed E-state index contributed by atoms with van der Waals surface area (Å²) in [5, 5.41) is 3.39. The van der Waals surface area contributed by atoms with Gasteiger partial charge in [-0.05, 0) is 37.6 Å². The highest BCUT2D eigenvalue weighted by atomic mass is 14.9. The maximum atomic E-state index is 3.39. The maximum absolute atomic E-state index is 3.39. The van der Waals surface area contributed by atoms with Crippen molar-refractivity contribution in [1.29, 1.82) is 0 Å². The van der Waals surface area contributed by atoms with Crippen LogP contribution in [-0.2, 0) is 0 Å². The minimum atomic E-state index is 0.275. The second kappa shape index (κ2) is 5.15. The van der Waals surface area contributed by atoms with Crippen molar-refractivity contribution in [2.24, 2.45) is 0 Å². The predicted octanol–water partition coefficient (Wildman–Crippen LogP) is 3.61. The first-order chi connectivity index (χ1) is 8.22. The normalized spacial score (nSPS) is 12.4. The van der Waals surface area contributed by atoms with E-state index in [0.717, 1.165) is 0 Å². The van der Waals surface area contributed by atoms with Crippen LogP contribution in [0, 0.1) is 13.8 Å². The number of hydrogen-bond acceptors (Lipinski definition) is 1. The summed E-state index contributed by atoms with van der Waals surface area (Å²) >= 11 is 0. The van der Waals surface area contributed by atoms with E-state index in [1.165, 1.54) is 22.3 Å². The molecule has 0 bridgehead atoms. The molecule has 17 heavy (non-hydrogen) atoms. The molecule has 0 aliphatic carbocycles. The largest absolute Gasteiger partial charge is 0.309 e. The predicted molar refractivity (Wildman–Crippen MR) is 73.3 cm³/mol. The Balaban J connectivity index is 2.42. The molecule has 1 atom stereocenters. The third kappa shape index (κ3) is 2.56. The van der Waals surface area contributed by atoms with Crippen molar-refractivity contribution in [3.8, 4) is 0 Å². The van der Waals surface area contributed by atoms with Gasteiger partial charge in [-0.1, -0.05) is 54.1 Å². The van der Waals surface area contributed by atoms with E-state index < -0.39 is 0 Å². The monoisotopic (exact) mass is 225 g/mol. The minimum Gasteiger partial charge on any atom is -0.309 e. The van der Waals surface area contributed by atoms with Gasteiger partial charge in [-0.2, -0.15) is 0 Å². The molecule has 0 fully saturated rings. The van der Waals surface area contributed by atoms with Crippen LogP contribution < -0.4 is 5.32 Å². The van der Waals surface area contributed by atoms with Crippen LogP contribution >= 0.6 is 0 Å². The van der Waals surface area contributed by atoms with Crippen LogP contribution in [-0.4, -0.2) is 7.05 Å². The van der Waals surface area contributed by atoms with Crippen LogP contribution in [0.3, 0.4) is 0 Å². The summed E-state index contributed by atoms with van der Waals surface area (Å²) in [7, 11) is 2.01. The molecule has 0 aliphatic rings. The Bertz CT molecular complexity index is 488. The molecule has 0 amide bonds. The molecule has 0 heterocycles. The fourth-order valence-corrected chi connectivity index (χ4v) is 2.30. The number of nitrogens with one attached hydrogen (secondary N) is 1. The van der Waals surface area contributed by atoms with Gasteiger partial charge in [0.1, 0.15) is 0 Å². The van der Waals surface area contributed by atoms with Crippen LogP contribution in [0.15, 0.2) is 48.5 Å². The van der Waals surface area contributed by atoms with Crippen molar-refractivity contribution >= 4 is 0 Å². The van der Waals surface area contributed by atoms with E-state index in [1.807, 2.05) is 7.05 Å². The zero-order valence-corrected chi connectivity index (χ0v) is 10.7. The average molecular weight is 225 g/mol. The second-order valence-electron chi connectivity index (χ2n) is 4.49. The van der Waals surface area contributed by atoms with E-state index in [-0.39, 0.29) is 6.04 Å². The Hall–Kier alpha value is -1.60. The molecule has 1 nitrogen and oxygen atoms in total. The summed E-state index contributed by atoms with van der Waals surface area (Å²) in [6.45, 7) is 4.31. The molecule has 0 saturated carbocycles. The molecule has 0 aromatic heterocycles. The SMILES string of the molecule is CNC(c1ccccc1)c1ccc(C)cc1C. The lowest BCUT2D eigenvalue weighted by Gasteiger charge is -2.19. The quantitative estimate of drug-likeness (QED) is 0.841. The number of benzene rings is 2. The van der Waals surface area contributed by atoms with Gasteiger partial charge in [0, 0.05) is 0 Å². The van der Waals surface area contributed by atoms with Crippen LogP contribution in [0.2, 0.25) is 0 Å². The molecule has 0 spiro atoms. The Morgan fingerprint density at radius 2 is 1.65 bits per heavy atom. The van der Waals surface area contributed by atoms with Gasteiger partial charge in [-0.15, -0.1) is 0 Å². The van der Waals surface area contributed by atoms with Gasteiger partial charge in [0.2, 0.25) is 0 Å². The molecule has 1 heteroatoms. The van der Waals surface area contributed by atoms with Gasteiger partial charge in [-0.3, -0.25) is 0 Å². The zero-order valence-electron chi connectivity index (χ0n) is 10.7. The van der Waals surface area contributed by atoms with Gasteiger partial charge >= 0.3 is 0 Å². The Kier molecular flexibility index (Phi) is 3.60. The standard InChI is InChI=1S/C16H19N/c1-12-9-10-15(13(2)11-12)16(17-3)14-7-5-4-6-8-14/h4-11,16-17H,1-3H3. The highest BCUT2D eigenvalue weighted by molar-refractivity contribution is 5.38. The molecule has 2 aromatic carbocycles. The van der Waals surface area contributed by atoms with E-state index >= 15 is 0 Å². The lowest BCUT2D eigenvalue weighted by Crippen LogP contribution is -2.18. The third-order valence-electron chi connectivity index (χ3n) is 3.16. The van der Waals surface area contributed by atoms with E-state index in [1.54, 1.807) is 0 Å². The van der Waals surface area contributed by atoms with Crippen LogP contribution in [0.5, 0.6) is 0 Å².